The standard InChI is InChI=1S/C16H23NO6S/c1-10(2)7-12(15(18)19)9-17-24(21,22)13-5-6-14(11(3)8-13)16(20)23-4/h5-6,8,10,12,17H,7,9H2,1-4H3,(H,18,19). The third-order valence-electron chi connectivity index (χ3n) is 3.54. The number of rotatable bonds is 8. The number of benzene rings is 1. The molecular formula is C16H23NO6S. The molecule has 8 heteroatoms. The van der Waals surface area contributed by atoms with Gasteiger partial charge in [0.2, 0.25) is 10.0 Å². The molecule has 1 aromatic carbocycles. The molecule has 0 fully saturated rings. The zero-order valence-electron chi connectivity index (χ0n) is 14.2. The van der Waals surface area contributed by atoms with Crippen LogP contribution < -0.4 is 4.72 Å². The largest absolute Gasteiger partial charge is 0.481 e. The molecule has 0 aromatic heterocycles. The van der Waals surface area contributed by atoms with Crippen LogP contribution in [0.25, 0.3) is 0 Å². The lowest BCUT2D eigenvalue weighted by Gasteiger charge is -2.16. The average Bonchev–Trinajstić information content (AvgIpc) is 2.50. The monoisotopic (exact) mass is 357 g/mol. The maximum Gasteiger partial charge on any atom is 0.338 e. The quantitative estimate of drug-likeness (QED) is 0.687. The number of carbonyl (C=O) groups excluding carboxylic acids is 1. The fourth-order valence-corrected chi connectivity index (χ4v) is 3.44. The lowest BCUT2D eigenvalue weighted by atomic mass is 9.98. The van der Waals surface area contributed by atoms with Crippen molar-refractivity contribution in [3.63, 3.8) is 0 Å². The second-order valence-electron chi connectivity index (χ2n) is 5.98. The number of hydrogen-bond acceptors (Lipinski definition) is 5. The third-order valence-corrected chi connectivity index (χ3v) is 4.96. The Morgan fingerprint density at radius 3 is 2.38 bits per heavy atom. The van der Waals surface area contributed by atoms with E-state index >= 15 is 0 Å². The van der Waals surface area contributed by atoms with Crippen molar-refractivity contribution in [2.45, 2.75) is 32.1 Å². The van der Waals surface area contributed by atoms with Gasteiger partial charge >= 0.3 is 11.9 Å². The fourth-order valence-electron chi connectivity index (χ4n) is 2.28. The van der Waals surface area contributed by atoms with E-state index in [-0.39, 0.29) is 22.9 Å². The number of hydrogen-bond donors (Lipinski definition) is 2. The number of carbonyl (C=O) groups is 2. The summed E-state index contributed by atoms with van der Waals surface area (Å²) < 4.78 is 31.6. The lowest BCUT2D eigenvalue weighted by molar-refractivity contribution is -0.142. The highest BCUT2D eigenvalue weighted by Gasteiger charge is 2.23. The van der Waals surface area contributed by atoms with Crippen molar-refractivity contribution < 1.29 is 27.9 Å². The number of sulfonamides is 1. The molecule has 0 saturated heterocycles. The number of aliphatic carboxylic acids is 1. The molecule has 0 aliphatic heterocycles. The van der Waals surface area contributed by atoms with Gasteiger partial charge in [-0.1, -0.05) is 13.8 Å². The molecule has 0 saturated carbocycles. The van der Waals surface area contributed by atoms with Crippen molar-refractivity contribution in [2.24, 2.45) is 11.8 Å². The first-order chi connectivity index (χ1) is 11.1. The lowest BCUT2D eigenvalue weighted by Crippen LogP contribution is -2.33. The summed E-state index contributed by atoms with van der Waals surface area (Å²) in [6.45, 7) is 5.16. The van der Waals surface area contributed by atoms with Crippen LogP contribution in [0.2, 0.25) is 0 Å². The second kappa shape index (κ2) is 8.25. The van der Waals surface area contributed by atoms with Gasteiger partial charge in [-0.05, 0) is 43.0 Å². The van der Waals surface area contributed by atoms with Crippen LogP contribution in [0.5, 0.6) is 0 Å². The molecule has 0 spiro atoms. The molecule has 134 valence electrons. The van der Waals surface area contributed by atoms with Gasteiger partial charge in [0.15, 0.2) is 0 Å². The van der Waals surface area contributed by atoms with Crippen molar-refractivity contribution in [3.8, 4) is 0 Å². The van der Waals surface area contributed by atoms with E-state index in [4.69, 9.17) is 0 Å². The van der Waals surface area contributed by atoms with Gasteiger partial charge in [-0.25, -0.2) is 17.9 Å². The smallest absolute Gasteiger partial charge is 0.338 e. The maximum absolute atomic E-state index is 12.3. The molecule has 0 aliphatic carbocycles. The van der Waals surface area contributed by atoms with Gasteiger partial charge in [0, 0.05) is 6.54 Å². The van der Waals surface area contributed by atoms with Gasteiger partial charge in [0.25, 0.3) is 0 Å². The van der Waals surface area contributed by atoms with Crippen LogP contribution in [0.15, 0.2) is 23.1 Å². The Balaban J connectivity index is 2.94. The maximum atomic E-state index is 12.3. The average molecular weight is 357 g/mol. The van der Waals surface area contributed by atoms with Crippen LogP contribution in [0.1, 0.15) is 36.2 Å². The predicted octanol–water partition coefficient (Wildman–Crippen LogP) is 1.81. The summed E-state index contributed by atoms with van der Waals surface area (Å²) in [5, 5.41) is 9.17. The van der Waals surface area contributed by atoms with Gasteiger partial charge in [-0.2, -0.15) is 0 Å². The highest BCUT2D eigenvalue weighted by Crippen LogP contribution is 2.17. The van der Waals surface area contributed by atoms with Gasteiger partial charge in [-0.15, -0.1) is 0 Å². The molecular weight excluding hydrogens is 334 g/mol. The van der Waals surface area contributed by atoms with E-state index in [9.17, 15) is 23.1 Å². The minimum absolute atomic E-state index is 0.0265. The third kappa shape index (κ3) is 5.31. The summed E-state index contributed by atoms with van der Waals surface area (Å²) in [5.41, 5.74) is 0.737. The Kier molecular flexibility index (Phi) is 6.92. The molecule has 2 N–H and O–H groups in total. The fraction of sp³-hybridized carbons (Fsp3) is 0.500. The summed E-state index contributed by atoms with van der Waals surface area (Å²) >= 11 is 0. The van der Waals surface area contributed by atoms with Crippen molar-refractivity contribution in [1.29, 1.82) is 0 Å². The first kappa shape index (κ1) is 20.1. The van der Waals surface area contributed by atoms with E-state index in [2.05, 4.69) is 9.46 Å². The Hall–Kier alpha value is -1.93. The number of nitrogens with one attached hydrogen (secondary N) is 1. The van der Waals surface area contributed by atoms with Crippen LogP contribution in [0.3, 0.4) is 0 Å². The van der Waals surface area contributed by atoms with E-state index in [1.165, 1.54) is 25.3 Å². The van der Waals surface area contributed by atoms with Crippen molar-refractivity contribution >= 4 is 22.0 Å². The molecule has 0 bridgehead atoms. The molecule has 1 rings (SSSR count). The number of methoxy groups -OCH3 is 1. The van der Waals surface area contributed by atoms with Crippen LogP contribution in [0, 0.1) is 18.8 Å². The Bertz CT molecular complexity index is 711. The first-order valence-corrected chi connectivity index (χ1v) is 8.98. The molecule has 7 nitrogen and oxygen atoms in total. The summed E-state index contributed by atoms with van der Waals surface area (Å²) in [6, 6.07) is 4.02. The molecule has 0 heterocycles. The van der Waals surface area contributed by atoms with Gasteiger partial charge in [0.05, 0.1) is 23.5 Å². The van der Waals surface area contributed by atoms with Gasteiger partial charge in [-0.3, -0.25) is 4.79 Å². The van der Waals surface area contributed by atoms with Gasteiger partial charge in [0.1, 0.15) is 0 Å². The van der Waals surface area contributed by atoms with E-state index in [0.29, 0.717) is 12.0 Å². The molecule has 0 radical (unpaired) electrons. The molecule has 0 amide bonds. The number of carboxylic acids is 1. The molecule has 1 unspecified atom stereocenters. The second-order valence-corrected chi connectivity index (χ2v) is 7.75. The van der Waals surface area contributed by atoms with Crippen molar-refractivity contribution in [3.05, 3.63) is 29.3 Å². The topological polar surface area (TPSA) is 110 Å². The normalized spacial score (nSPS) is 12.9. The molecule has 1 aromatic rings. The first-order valence-electron chi connectivity index (χ1n) is 7.50. The minimum Gasteiger partial charge on any atom is -0.481 e. The van der Waals surface area contributed by atoms with Crippen molar-refractivity contribution in [2.75, 3.05) is 13.7 Å². The van der Waals surface area contributed by atoms with Crippen LogP contribution in [0.4, 0.5) is 0 Å². The summed E-state index contributed by atoms with van der Waals surface area (Å²) in [7, 11) is -2.62. The van der Waals surface area contributed by atoms with E-state index in [1.54, 1.807) is 6.92 Å². The van der Waals surface area contributed by atoms with Crippen LogP contribution in [-0.4, -0.2) is 39.1 Å². The zero-order chi connectivity index (χ0) is 18.5. The van der Waals surface area contributed by atoms with Gasteiger partial charge < -0.3 is 9.84 Å². The Labute approximate surface area is 142 Å². The van der Waals surface area contributed by atoms with Crippen molar-refractivity contribution in [1.82, 2.24) is 4.72 Å². The van der Waals surface area contributed by atoms with E-state index in [0.717, 1.165) is 0 Å². The zero-order valence-corrected chi connectivity index (χ0v) is 15.0. The number of aryl methyl sites for hydroxylation is 1. The van der Waals surface area contributed by atoms with E-state index in [1.807, 2.05) is 13.8 Å². The molecule has 0 aliphatic rings. The van der Waals surface area contributed by atoms with Crippen LogP contribution in [-0.2, 0) is 19.6 Å². The summed E-state index contributed by atoms with van der Waals surface area (Å²) in [4.78, 5) is 22.7. The number of carboxylic acid groups (broad SMARTS) is 1. The van der Waals surface area contributed by atoms with E-state index < -0.39 is 27.9 Å². The summed E-state index contributed by atoms with van der Waals surface area (Å²) in [5.74, 6) is -2.25. The molecule has 1 atom stereocenters. The Morgan fingerprint density at radius 1 is 1.29 bits per heavy atom. The van der Waals surface area contributed by atoms with Crippen LogP contribution >= 0.6 is 0 Å². The summed E-state index contributed by atoms with van der Waals surface area (Å²) in [6.07, 6.45) is 0.373. The predicted molar refractivity (Wildman–Crippen MR) is 88.3 cm³/mol. The minimum atomic E-state index is -3.86. The highest BCUT2D eigenvalue weighted by molar-refractivity contribution is 7.89. The Morgan fingerprint density at radius 2 is 1.92 bits per heavy atom. The number of esters is 1. The SMILES string of the molecule is COC(=O)c1ccc(S(=O)(=O)NCC(CC(C)C)C(=O)O)cc1C. The highest BCUT2D eigenvalue weighted by atomic mass is 32.2. The number of ether oxygens (including phenoxy) is 1. The molecule has 24 heavy (non-hydrogen) atoms.